The topological polar surface area (TPSA) is 70.3 Å². The largest absolute Gasteiger partial charge is 0.508 e. The lowest BCUT2D eigenvalue weighted by atomic mass is 10.1. The van der Waals surface area contributed by atoms with E-state index < -0.39 is 0 Å². The van der Waals surface area contributed by atoms with Gasteiger partial charge in [-0.25, -0.2) is 4.98 Å². The van der Waals surface area contributed by atoms with Gasteiger partial charge in [-0.15, -0.1) is 0 Å². The molecule has 1 unspecified atom stereocenters. The SMILES string of the molecule is CC(NCCCn1ccnc1)c1ccc(O)cc1O. The Hall–Kier alpha value is -2.01. The summed E-state index contributed by atoms with van der Waals surface area (Å²) in [5.41, 5.74) is 0.792. The second-order valence-corrected chi connectivity index (χ2v) is 4.57. The van der Waals surface area contributed by atoms with E-state index in [0.717, 1.165) is 25.1 Å². The summed E-state index contributed by atoms with van der Waals surface area (Å²) in [6.07, 6.45) is 6.49. The van der Waals surface area contributed by atoms with Gasteiger partial charge in [0.2, 0.25) is 0 Å². The number of nitrogens with one attached hydrogen (secondary N) is 1. The fourth-order valence-corrected chi connectivity index (χ4v) is 2.01. The normalized spacial score (nSPS) is 12.5. The molecular formula is C14H19N3O2. The van der Waals surface area contributed by atoms with Gasteiger partial charge in [0.05, 0.1) is 6.33 Å². The average Bonchev–Trinajstić information content (AvgIpc) is 2.87. The number of aromatic nitrogens is 2. The Labute approximate surface area is 112 Å². The third-order valence-electron chi connectivity index (χ3n) is 3.08. The van der Waals surface area contributed by atoms with E-state index in [-0.39, 0.29) is 17.5 Å². The van der Waals surface area contributed by atoms with Crippen molar-refractivity contribution in [2.75, 3.05) is 6.54 Å². The molecule has 0 amide bonds. The first-order valence-corrected chi connectivity index (χ1v) is 6.38. The van der Waals surface area contributed by atoms with Gasteiger partial charge in [-0.3, -0.25) is 0 Å². The van der Waals surface area contributed by atoms with Gasteiger partial charge in [-0.1, -0.05) is 6.07 Å². The van der Waals surface area contributed by atoms with E-state index in [2.05, 4.69) is 10.3 Å². The molecule has 2 rings (SSSR count). The standard InChI is InChI=1S/C14H19N3O2/c1-11(13-4-3-12(18)9-14(13)19)16-5-2-7-17-8-6-15-10-17/h3-4,6,8-11,16,18-19H,2,5,7H2,1H3. The maximum absolute atomic E-state index is 9.76. The monoisotopic (exact) mass is 261 g/mol. The predicted octanol–water partition coefficient (Wildman–Crippen LogP) is 2.04. The number of rotatable bonds is 6. The van der Waals surface area contributed by atoms with E-state index >= 15 is 0 Å². The molecular weight excluding hydrogens is 242 g/mol. The van der Waals surface area contributed by atoms with Crippen LogP contribution in [0.4, 0.5) is 0 Å². The van der Waals surface area contributed by atoms with Gasteiger partial charge >= 0.3 is 0 Å². The van der Waals surface area contributed by atoms with Crippen LogP contribution in [-0.4, -0.2) is 26.3 Å². The Morgan fingerprint density at radius 3 is 2.89 bits per heavy atom. The second kappa shape index (κ2) is 6.24. The van der Waals surface area contributed by atoms with Gasteiger partial charge in [-0.2, -0.15) is 0 Å². The molecule has 3 N–H and O–H groups in total. The first kappa shape index (κ1) is 13.4. The first-order chi connectivity index (χ1) is 9.16. The van der Waals surface area contributed by atoms with E-state index in [4.69, 9.17) is 0 Å². The fourth-order valence-electron chi connectivity index (χ4n) is 2.01. The summed E-state index contributed by atoms with van der Waals surface area (Å²) in [6.45, 7) is 3.75. The zero-order chi connectivity index (χ0) is 13.7. The predicted molar refractivity (Wildman–Crippen MR) is 73.0 cm³/mol. The molecule has 2 aromatic rings. The van der Waals surface area contributed by atoms with Crippen molar-refractivity contribution in [2.24, 2.45) is 0 Å². The minimum Gasteiger partial charge on any atom is -0.508 e. The average molecular weight is 261 g/mol. The van der Waals surface area contributed by atoms with Crippen LogP contribution in [0.3, 0.4) is 0 Å². The van der Waals surface area contributed by atoms with E-state index in [9.17, 15) is 10.2 Å². The van der Waals surface area contributed by atoms with Crippen LogP contribution in [0.25, 0.3) is 0 Å². The van der Waals surface area contributed by atoms with Crippen LogP contribution in [0.2, 0.25) is 0 Å². The van der Waals surface area contributed by atoms with Crippen molar-refractivity contribution < 1.29 is 10.2 Å². The highest BCUT2D eigenvalue weighted by atomic mass is 16.3. The summed E-state index contributed by atoms with van der Waals surface area (Å²) in [5.74, 6) is 0.197. The van der Waals surface area contributed by atoms with Crippen LogP contribution in [0.1, 0.15) is 24.9 Å². The molecule has 0 bridgehead atoms. The van der Waals surface area contributed by atoms with Crippen LogP contribution in [0.5, 0.6) is 11.5 Å². The van der Waals surface area contributed by atoms with Crippen LogP contribution < -0.4 is 5.32 Å². The smallest absolute Gasteiger partial charge is 0.124 e. The van der Waals surface area contributed by atoms with Gasteiger partial charge in [0.1, 0.15) is 11.5 Å². The van der Waals surface area contributed by atoms with Crippen molar-refractivity contribution >= 4 is 0 Å². The molecule has 5 heteroatoms. The van der Waals surface area contributed by atoms with Crippen molar-refractivity contribution in [2.45, 2.75) is 25.9 Å². The molecule has 0 spiro atoms. The van der Waals surface area contributed by atoms with E-state index in [1.54, 1.807) is 24.7 Å². The molecule has 0 saturated heterocycles. The molecule has 5 nitrogen and oxygen atoms in total. The minimum atomic E-state index is 0.0448. The van der Waals surface area contributed by atoms with E-state index in [1.165, 1.54) is 6.07 Å². The van der Waals surface area contributed by atoms with Crippen molar-refractivity contribution in [3.63, 3.8) is 0 Å². The first-order valence-electron chi connectivity index (χ1n) is 6.38. The molecule has 102 valence electrons. The second-order valence-electron chi connectivity index (χ2n) is 4.57. The molecule has 1 aromatic heterocycles. The quantitative estimate of drug-likeness (QED) is 0.696. The summed E-state index contributed by atoms with van der Waals surface area (Å²) in [5, 5.41) is 22.4. The third kappa shape index (κ3) is 3.72. The molecule has 0 aliphatic rings. The lowest BCUT2D eigenvalue weighted by molar-refractivity contribution is 0.434. The Bertz CT molecular complexity index is 511. The van der Waals surface area contributed by atoms with Crippen molar-refractivity contribution in [3.8, 4) is 11.5 Å². The summed E-state index contributed by atoms with van der Waals surface area (Å²) < 4.78 is 2.03. The van der Waals surface area contributed by atoms with Crippen LogP contribution in [-0.2, 0) is 6.54 Å². The third-order valence-corrected chi connectivity index (χ3v) is 3.08. The number of hydrogen-bond donors (Lipinski definition) is 3. The Balaban J connectivity index is 1.79. The maximum atomic E-state index is 9.76. The number of aromatic hydroxyl groups is 2. The molecule has 0 saturated carbocycles. The van der Waals surface area contributed by atoms with Crippen molar-refractivity contribution in [1.82, 2.24) is 14.9 Å². The van der Waals surface area contributed by atoms with Gasteiger partial charge in [0, 0.05) is 36.6 Å². The molecule has 0 radical (unpaired) electrons. The van der Waals surface area contributed by atoms with Gasteiger partial charge in [0.15, 0.2) is 0 Å². The molecule has 0 fully saturated rings. The highest BCUT2D eigenvalue weighted by molar-refractivity contribution is 5.40. The molecule has 1 aromatic carbocycles. The van der Waals surface area contributed by atoms with Crippen molar-refractivity contribution in [3.05, 3.63) is 42.5 Å². The lowest BCUT2D eigenvalue weighted by Gasteiger charge is -2.15. The zero-order valence-electron chi connectivity index (χ0n) is 11.0. The van der Waals surface area contributed by atoms with Crippen LogP contribution >= 0.6 is 0 Å². The van der Waals surface area contributed by atoms with Gasteiger partial charge in [0.25, 0.3) is 0 Å². The highest BCUT2D eigenvalue weighted by Crippen LogP contribution is 2.27. The molecule has 0 aliphatic heterocycles. The number of benzene rings is 1. The maximum Gasteiger partial charge on any atom is 0.124 e. The van der Waals surface area contributed by atoms with E-state index in [0.29, 0.717) is 0 Å². The number of phenols is 2. The number of nitrogens with zero attached hydrogens (tertiary/aromatic N) is 2. The minimum absolute atomic E-state index is 0.0448. The summed E-state index contributed by atoms with van der Waals surface area (Å²) in [4.78, 5) is 3.99. The van der Waals surface area contributed by atoms with Crippen LogP contribution in [0, 0.1) is 0 Å². The van der Waals surface area contributed by atoms with Gasteiger partial charge < -0.3 is 20.1 Å². The Kier molecular flexibility index (Phi) is 4.41. The number of hydrogen-bond acceptors (Lipinski definition) is 4. The number of phenolic OH excluding ortho intramolecular Hbond substituents is 2. The Morgan fingerprint density at radius 1 is 1.37 bits per heavy atom. The van der Waals surface area contributed by atoms with Crippen LogP contribution in [0.15, 0.2) is 36.9 Å². The van der Waals surface area contributed by atoms with Gasteiger partial charge in [-0.05, 0) is 26.0 Å². The van der Waals surface area contributed by atoms with E-state index in [1.807, 2.05) is 17.7 Å². The summed E-state index contributed by atoms with van der Waals surface area (Å²) >= 11 is 0. The molecule has 0 aliphatic carbocycles. The molecule has 1 atom stereocenters. The Morgan fingerprint density at radius 2 is 2.21 bits per heavy atom. The van der Waals surface area contributed by atoms with Crippen molar-refractivity contribution in [1.29, 1.82) is 0 Å². The molecule has 1 heterocycles. The molecule has 19 heavy (non-hydrogen) atoms. The lowest BCUT2D eigenvalue weighted by Crippen LogP contribution is -2.21. The number of imidazole rings is 1. The zero-order valence-corrected chi connectivity index (χ0v) is 11.0. The fraction of sp³-hybridized carbons (Fsp3) is 0.357. The summed E-state index contributed by atoms with van der Waals surface area (Å²) in [6, 6.07) is 4.72. The highest BCUT2D eigenvalue weighted by Gasteiger charge is 2.09. The number of aryl methyl sites for hydroxylation is 1. The summed E-state index contributed by atoms with van der Waals surface area (Å²) in [7, 11) is 0.